The number of imidazole rings is 1. The van der Waals surface area contributed by atoms with Crippen LogP contribution in [-0.4, -0.2) is 34.2 Å². The van der Waals surface area contributed by atoms with Gasteiger partial charge in [-0.3, -0.25) is 0 Å². The van der Waals surface area contributed by atoms with Crippen LogP contribution in [0.3, 0.4) is 0 Å². The molecule has 2 aliphatic heterocycles. The zero-order valence-corrected chi connectivity index (χ0v) is 15.1. The van der Waals surface area contributed by atoms with E-state index in [9.17, 15) is 13.2 Å². The second-order valence-electron chi connectivity index (χ2n) is 7.34. The Morgan fingerprint density at radius 3 is 2.89 bits per heavy atom. The fourth-order valence-electron chi connectivity index (χ4n) is 3.80. The number of fused-ring (bicyclic) bond motifs is 2. The minimum atomic E-state index is -2.97. The molecule has 0 saturated carbocycles. The molecule has 4 heterocycles. The number of halogens is 3. The Morgan fingerprint density at radius 1 is 1.25 bits per heavy atom. The lowest BCUT2D eigenvalue weighted by Gasteiger charge is -2.29. The zero-order chi connectivity index (χ0) is 19.5. The van der Waals surface area contributed by atoms with Gasteiger partial charge >= 0.3 is 0 Å². The molecule has 3 aromatic rings. The lowest BCUT2D eigenvalue weighted by Crippen LogP contribution is -2.28. The molecule has 28 heavy (non-hydrogen) atoms. The second kappa shape index (κ2) is 6.13. The van der Waals surface area contributed by atoms with E-state index in [1.54, 1.807) is 12.3 Å². The van der Waals surface area contributed by atoms with E-state index in [0.717, 1.165) is 18.3 Å². The average molecular weight is 389 g/mol. The molecule has 2 aromatic heterocycles. The van der Waals surface area contributed by atoms with Crippen molar-refractivity contribution in [3.05, 3.63) is 60.3 Å². The molecule has 2 aliphatic rings. The number of hydrogen-bond acceptors (Lipinski definition) is 4. The molecule has 1 aromatic carbocycles. The lowest BCUT2D eigenvalue weighted by molar-refractivity contribution is -0.0230. The van der Waals surface area contributed by atoms with Gasteiger partial charge in [-0.05, 0) is 12.1 Å². The largest absolute Gasteiger partial charge is 0.487 e. The van der Waals surface area contributed by atoms with Crippen LogP contribution in [0.2, 0.25) is 0 Å². The third-order valence-corrected chi connectivity index (χ3v) is 5.12. The first-order valence-corrected chi connectivity index (χ1v) is 9.06. The predicted octanol–water partition coefficient (Wildman–Crippen LogP) is 4.18. The van der Waals surface area contributed by atoms with Crippen LogP contribution in [-0.2, 0) is 4.74 Å². The molecule has 0 N–H and O–H groups in total. The highest BCUT2D eigenvalue weighted by Gasteiger charge is 2.55. The Bertz CT molecular complexity index is 1030. The van der Waals surface area contributed by atoms with Gasteiger partial charge in [0.25, 0.3) is 5.92 Å². The van der Waals surface area contributed by atoms with Crippen molar-refractivity contribution in [1.29, 1.82) is 0 Å². The first-order chi connectivity index (χ1) is 13.4. The maximum atomic E-state index is 14.8. The van der Waals surface area contributed by atoms with Gasteiger partial charge in [-0.1, -0.05) is 6.07 Å². The Kier molecular flexibility index (Phi) is 3.80. The summed E-state index contributed by atoms with van der Waals surface area (Å²) in [6.07, 6.45) is 6.12. The van der Waals surface area contributed by atoms with Crippen LogP contribution < -0.4 is 9.64 Å². The number of pyridine rings is 1. The standard InChI is InChI=1S/C20H18F3N3O2/c1-20(22,23)11-27-13-2-3-14(15(21)9-13)16-10-17-19(28-17)26(16)12-4-6-25-7-5-24-18(25)8-12/h2-9,16-17,19H,10-11H2,1H3/t16-,17?,19?/m0/s1. The lowest BCUT2D eigenvalue weighted by atomic mass is 10.0. The first-order valence-electron chi connectivity index (χ1n) is 9.06. The Balaban J connectivity index is 1.43. The highest BCUT2D eigenvalue weighted by Crippen LogP contribution is 2.50. The third kappa shape index (κ3) is 3.07. The number of hydrogen-bond donors (Lipinski definition) is 0. The van der Waals surface area contributed by atoms with Gasteiger partial charge in [-0.15, -0.1) is 0 Å². The van der Waals surface area contributed by atoms with Crippen LogP contribution >= 0.6 is 0 Å². The van der Waals surface area contributed by atoms with Crippen molar-refractivity contribution >= 4 is 11.3 Å². The summed E-state index contributed by atoms with van der Waals surface area (Å²) in [5, 5.41) is 0. The van der Waals surface area contributed by atoms with E-state index in [-0.39, 0.29) is 24.1 Å². The maximum absolute atomic E-state index is 14.8. The topological polar surface area (TPSA) is 42.3 Å². The van der Waals surface area contributed by atoms with E-state index >= 15 is 0 Å². The van der Waals surface area contributed by atoms with Crippen LogP contribution in [0.1, 0.15) is 24.9 Å². The number of alkyl halides is 2. The van der Waals surface area contributed by atoms with Gasteiger partial charge < -0.3 is 18.8 Å². The molecule has 0 bridgehead atoms. The number of epoxide rings is 1. The smallest absolute Gasteiger partial charge is 0.278 e. The number of anilines is 1. The van der Waals surface area contributed by atoms with Gasteiger partial charge in [-0.2, -0.15) is 0 Å². The van der Waals surface area contributed by atoms with Gasteiger partial charge in [0.1, 0.15) is 23.3 Å². The van der Waals surface area contributed by atoms with E-state index < -0.39 is 18.3 Å². The van der Waals surface area contributed by atoms with Crippen LogP contribution in [0.15, 0.2) is 48.9 Å². The van der Waals surface area contributed by atoms with Crippen molar-refractivity contribution in [1.82, 2.24) is 9.38 Å². The van der Waals surface area contributed by atoms with E-state index in [4.69, 9.17) is 9.47 Å². The zero-order valence-electron chi connectivity index (χ0n) is 15.1. The van der Waals surface area contributed by atoms with Crippen molar-refractivity contribution in [2.24, 2.45) is 0 Å². The maximum Gasteiger partial charge on any atom is 0.278 e. The second-order valence-corrected chi connectivity index (χ2v) is 7.34. The minimum absolute atomic E-state index is 0.0649. The number of aromatic nitrogens is 2. The monoisotopic (exact) mass is 389 g/mol. The van der Waals surface area contributed by atoms with Gasteiger partial charge in [0.2, 0.25) is 0 Å². The predicted molar refractivity (Wildman–Crippen MR) is 96.2 cm³/mol. The highest BCUT2D eigenvalue weighted by molar-refractivity contribution is 5.60. The van der Waals surface area contributed by atoms with E-state index in [0.29, 0.717) is 12.0 Å². The molecule has 2 fully saturated rings. The summed E-state index contributed by atoms with van der Waals surface area (Å²) < 4.78 is 53.3. The molecule has 0 radical (unpaired) electrons. The molecule has 0 aliphatic carbocycles. The van der Waals surface area contributed by atoms with Crippen molar-refractivity contribution < 1.29 is 22.6 Å². The van der Waals surface area contributed by atoms with Crippen molar-refractivity contribution in [2.45, 2.75) is 37.6 Å². The first kappa shape index (κ1) is 17.4. The summed E-state index contributed by atoms with van der Waals surface area (Å²) in [6, 6.07) is 7.99. The number of benzene rings is 1. The Labute approximate surface area is 159 Å². The molecular weight excluding hydrogens is 371 g/mol. The van der Waals surface area contributed by atoms with Crippen LogP contribution in [0, 0.1) is 5.82 Å². The Morgan fingerprint density at radius 2 is 2.11 bits per heavy atom. The summed E-state index contributed by atoms with van der Waals surface area (Å²) in [7, 11) is 0. The van der Waals surface area contributed by atoms with Gasteiger partial charge in [0, 0.05) is 55.3 Å². The highest BCUT2D eigenvalue weighted by atomic mass is 19.3. The molecular formula is C20H18F3N3O2. The van der Waals surface area contributed by atoms with Crippen molar-refractivity contribution in [3.63, 3.8) is 0 Å². The fourth-order valence-corrected chi connectivity index (χ4v) is 3.80. The molecule has 3 atom stereocenters. The number of nitrogens with zero attached hydrogens (tertiary/aromatic N) is 3. The van der Waals surface area contributed by atoms with Crippen molar-refractivity contribution in [3.8, 4) is 5.75 Å². The van der Waals surface area contributed by atoms with Gasteiger partial charge in [0.05, 0.1) is 6.04 Å². The van der Waals surface area contributed by atoms with Gasteiger partial charge in [-0.25, -0.2) is 18.2 Å². The number of rotatable bonds is 5. The minimum Gasteiger partial charge on any atom is -0.487 e. The molecule has 0 amide bonds. The Hall–Kier alpha value is -2.74. The molecule has 0 spiro atoms. The van der Waals surface area contributed by atoms with Crippen LogP contribution in [0.4, 0.5) is 18.9 Å². The summed E-state index contributed by atoms with van der Waals surface area (Å²) >= 11 is 0. The molecule has 2 saturated heterocycles. The van der Waals surface area contributed by atoms with E-state index in [1.807, 2.05) is 28.9 Å². The molecule has 5 rings (SSSR count). The summed E-state index contributed by atoms with van der Waals surface area (Å²) in [6.45, 7) is -0.0270. The SMILES string of the molecule is CC(F)(F)COc1ccc([C@@H]2CC3OC3N2c2ccn3ccnc3c2)c(F)c1. The van der Waals surface area contributed by atoms with Gasteiger partial charge in [0.15, 0.2) is 12.8 Å². The summed E-state index contributed by atoms with van der Waals surface area (Å²) in [5.74, 6) is -3.36. The van der Waals surface area contributed by atoms with Crippen LogP contribution in [0.5, 0.6) is 5.75 Å². The average Bonchev–Trinajstić information content (AvgIpc) is 3.09. The summed E-state index contributed by atoms with van der Waals surface area (Å²) in [4.78, 5) is 6.35. The van der Waals surface area contributed by atoms with Crippen LogP contribution in [0.25, 0.3) is 5.65 Å². The molecule has 5 nitrogen and oxygen atoms in total. The third-order valence-electron chi connectivity index (χ3n) is 5.12. The van der Waals surface area contributed by atoms with E-state index in [2.05, 4.69) is 9.88 Å². The normalized spacial score (nSPS) is 23.9. The molecule has 146 valence electrons. The number of ether oxygens (including phenoxy) is 2. The molecule has 8 heteroatoms. The van der Waals surface area contributed by atoms with E-state index in [1.165, 1.54) is 12.1 Å². The van der Waals surface area contributed by atoms with Crippen molar-refractivity contribution in [2.75, 3.05) is 11.5 Å². The fraction of sp³-hybridized carbons (Fsp3) is 0.350. The quantitative estimate of drug-likeness (QED) is 0.614. The summed E-state index contributed by atoms with van der Waals surface area (Å²) in [5.41, 5.74) is 2.19. The molecule has 2 unspecified atom stereocenters.